The lowest BCUT2D eigenvalue weighted by molar-refractivity contribution is 0.102. The van der Waals surface area contributed by atoms with Gasteiger partial charge in [0.1, 0.15) is 0 Å². The minimum atomic E-state index is -0.209. The predicted molar refractivity (Wildman–Crippen MR) is 79.6 cm³/mol. The van der Waals surface area contributed by atoms with Gasteiger partial charge in [-0.05, 0) is 41.8 Å². The number of nitrogens with zero attached hydrogens (tertiary/aromatic N) is 1. The third kappa shape index (κ3) is 3.24. The standard InChI is InChI=1S/C17H16N2O/c1-12(2)14-6-8-16(9-7-14)19-17(20)15-5-3-4-13(10-15)11-18/h3-10,12H,1-2H3,(H,19,20). The van der Waals surface area contributed by atoms with Gasteiger partial charge in [0.2, 0.25) is 0 Å². The van der Waals surface area contributed by atoms with Crippen LogP contribution in [0.2, 0.25) is 0 Å². The Labute approximate surface area is 118 Å². The number of carbonyl (C=O) groups is 1. The predicted octanol–water partition coefficient (Wildman–Crippen LogP) is 3.93. The number of carbonyl (C=O) groups excluding carboxylic acids is 1. The highest BCUT2D eigenvalue weighted by Gasteiger charge is 2.07. The van der Waals surface area contributed by atoms with Crippen molar-refractivity contribution in [3.8, 4) is 6.07 Å². The Bertz CT molecular complexity index is 651. The summed E-state index contributed by atoms with van der Waals surface area (Å²) in [5.74, 6) is 0.256. The molecule has 0 fully saturated rings. The second-order valence-electron chi connectivity index (χ2n) is 4.92. The third-order valence-corrected chi connectivity index (χ3v) is 3.09. The number of hydrogen-bond acceptors (Lipinski definition) is 2. The topological polar surface area (TPSA) is 52.9 Å². The Kier molecular flexibility index (Phi) is 4.17. The molecule has 0 aliphatic carbocycles. The molecular weight excluding hydrogens is 248 g/mol. The monoisotopic (exact) mass is 264 g/mol. The fourth-order valence-electron chi connectivity index (χ4n) is 1.88. The van der Waals surface area contributed by atoms with Gasteiger partial charge in [-0.3, -0.25) is 4.79 Å². The maximum atomic E-state index is 12.1. The number of nitrogens with one attached hydrogen (secondary N) is 1. The largest absolute Gasteiger partial charge is 0.322 e. The number of benzene rings is 2. The maximum Gasteiger partial charge on any atom is 0.255 e. The van der Waals surface area contributed by atoms with Gasteiger partial charge in [-0.15, -0.1) is 0 Å². The van der Waals surface area contributed by atoms with Crippen molar-refractivity contribution in [3.05, 3.63) is 65.2 Å². The molecule has 0 saturated carbocycles. The molecule has 0 bridgehead atoms. The average Bonchev–Trinajstić information content (AvgIpc) is 2.47. The zero-order valence-electron chi connectivity index (χ0n) is 11.6. The van der Waals surface area contributed by atoms with Gasteiger partial charge in [0.05, 0.1) is 11.6 Å². The Hall–Kier alpha value is -2.60. The molecule has 100 valence electrons. The molecule has 2 aromatic rings. The van der Waals surface area contributed by atoms with Crippen molar-refractivity contribution < 1.29 is 4.79 Å². The van der Waals surface area contributed by atoms with Crippen LogP contribution in [0.4, 0.5) is 5.69 Å². The molecule has 2 rings (SSSR count). The van der Waals surface area contributed by atoms with E-state index in [0.29, 0.717) is 17.0 Å². The zero-order chi connectivity index (χ0) is 14.5. The first-order valence-electron chi connectivity index (χ1n) is 6.51. The fraction of sp³-hybridized carbons (Fsp3) is 0.176. The van der Waals surface area contributed by atoms with Gasteiger partial charge in [0.25, 0.3) is 5.91 Å². The van der Waals surface area contributed by atoms with E-state index in [-0.39, 0.29) is 5.91 Å². The molecule has 1 N–H and O–H groups in total. The van der Waals surface area contributed by atoms with Gasteiger partial charge in [0.15, 0.2) is 0 Å². The summed E-state index contributed by atoms with van der Waals surface area (Å²) in [5.41, 5.74) is 2.95. The highest BCUT2D eigenvalue weighted by atomic mass is 16.1. The van der Waals surface area contributed by atoms with E-state index in [1.807, 2.05) is 30.3 Å². The average molecular weight is 264 g/mol. The molecular formula is C17H16N2O. The molecule has 0 atom stereocenters. The second-order valence-corrected chi connectivity index (χ2v) is 4.92. The van der Waals surface area contributed by atoms with E-state index in [1.54, 1.807) is 24.3 Å². The third-order valence-electron chi connectivity index (χ3n) is 3.09. The quantitative estimate of drug-likeness (QED) is 0.913. The first-order chi connectivity index (χ1) is 9.60. The van der Waals surface area contributed by atoms with E-state index in [9.17, 15) is 4.79 Å². The van der Waals surface area contributed by atoms with Crippen molar-refractivity contribution in [1.82, 2.24) is 0 Å². The number of nitriles is 1. The van der Waals surface area contributed by atoms with Crippen LogP contribution in [0, 0.1) is 11.3 Å². The number of hydrogen-bond donors (Lipinski definition) is 1. The molecule has 0 unspecified atom stereocenters. The van der Waals surface area contributed by atoms with Crippen molar-refractivity contribution in [2.24, 2.45) is 0 Å². The van der Waals surface area contributed by atoms with Crippen molar-refractivity contribution in [3.63, 3.8) is 0 Å². The zero-order valence-corrected chi connectivity index (χ0v) is 11.6. The van der Waals surface area contributed by atoms with Crippen LogP contribution in [0.1, 0.15) is 41.3 Å². The van der Waals surface area contributed by atoms with Crippen molar-refractivity contribution in [1.29, 1.82) is 5.26 Å². The summed E-state index contributed by atoms with van der Waals surface area (Å²) in [6, 6.07) is 16.5. The SMILES string of the molecule is CC(C)c1ccc(NC(=O)c2cccc(C#N)c2)cc1. The Morgan fingerprint density at radius 1 is 1.15 bits per heavy atom. The van der Waals surface area contributed by atoms with Gasteiger partial charge in [-0.2, -0.15) is 5.26 Å². The molecule has 3 nitrogen and oxygen atoms in total. The van der Waals surface area contributed by atoms with Crippen molar-refractivity contribution >= 4 is 11.6 Å². The molecule has 0 aliphatic heterocycles. The first-order valence-corrected chi connectivity index (χ1v) is 6.51. The van der Waals surface area contributed by atoms with E-state index in [4.69, 9.17) is 5.26 Å². The van der Waals surface area contributed by atoms with E-state index < -0.39 is 0 Å². The number of rotatable bonds is 3. The molecule has 0 heterocycles. The van der Waals surface area contributed by atoms with Crippen LogP contribution >= 0.6 is 0 Å². The lowest BCUT2D eigenvalue weighted by Gasteiger charge is -2.08. The van der Waals surface area contributed by atoms with Crippen LogP contribution in [0.5, 0.6) is 0 Å². The second kappa shape index (κ2) is 6.03. The van der Waals surface area contributed by atoms with Crippen LogP contribution in [0.3, 0.4) is 0 Å². The molecule has 0 aromatic heterocycles. The van der Waals surface area contributed by atoms with Gasteiger partial charge >= 0.3 is 0 Å². The highest BCUT2D eigenvalue weighted by Crippen LogP contribution is 2.17. The van der Waals surface area contributed by atoms with Gasteiger partial charge in [0, 0.05) is 11.3 Å². The summed E-state index contributed by atoms with van der Waals surface area (Å²) in [7, 11) is 0. The Morgan fingerprint density at radius 3 is 2.45 bits per heavy atom. The molecule has 0 saturated heterocycles. The summed E-state index contributed by atoms with van der Waals surface area (Å²) in [5, 5.41) is 11.7. The van der Waals surface area contributed by atoms with Crippen LogP contribution < -0.4 is 5.32 Å². The molecule has 0 aliphatic rings. The summed E-state index contributed by atoms with van der Waals surface area (Å²) >= 11 is 0. The number of amides is 1. The minimum Gasteiger partial charge on any atom is -0.322 e. The Balaban J connectivity index is 2.13. The van der Waals surface area contributed by atoms with Crippen molar-refractivity contribution in [2.75, 3.05) is 5.32 Å². The van der Waals surface area contributed by atoms with Crippen LogP contribution in [-0.4, -0.2) is 5.91 Å². The summed E-state index contributed by atoms with van der Waals surface area (Å²) in [4.78, 5) is 12.1. The Morgan fingerprint density at radius 2 is 1.85 bits per heavy atom. The molecule has 0 radical (unpaired) electrons. The smallest absolute Gasteiger partial charge is 0.255 e. The van der Waals surface area contributed by atoms with Crippen molar-refractivity contribution in [2.45, 2.75) is 19.8 Å². The fourth-order valence-corrected chi connectivity index (χ4v) is 1.88. The summed E-state index contributed by atoms with van der Waals surface area (Å²) in [6.07, 6.45) is 0. The maximum absolute atomic E-state index is 12.1. The van der Waals surface area contributed by atoms with E-state index in [1.165, 1.54) is 5.56 Å². The lowest BCUT2D eigenvalue weighted by Crippen LogP contribution is -2.11. The minimum absolute atomic E-state index is 0.209. The van der Waals surface area contributed by atoms with E-state index in [2.05, 4.69) is 19.2 Å². The molecule has 0 spiro atoms. The summed E-state index contributed by atoms with van der Waals surface area (Å²) < 4.78 is 0. The molecule has 20 heavy (non-hydrogen) atoms. The van der Waals surface area contributed by atoms with Crippen LogP contribution in [-0.2, 0) is 0 Å². The van der Waals surface area contributed by atoms with Gasteiger partial charge in [-0.25, -0.2) is 0 Å². The number of anilines is 1. The van der Waals surface area contributed by atoms with Crippen LogP contribution in [0.15, 0.2) is 48.5 Å². The molecule has 1 amide bonds. The van der Waals surface area contributed by atoms with Gasteiger partial charge < -0.3 is 5.32 Å². The molecule has 3 heteroatoms. The highest BCUT2D eigenvalue weighted by molar-refractivity contribution is 6.04. The van der Waals surface area contributed by atoms with Gasteiger partial charge in [-0.1, -0.05) is 32.0 Å². The lowest BCUT2D eigenvalue weighted by atomic mass is 10.0. The normalized spacial score (nSPS) is 10.1. The summed E-state index contributed by atoms with van der Waals surface area (Å²) in [6.45, 7) is 4.25. The molecule has 2 aromatic carbocycles. The van der Waals surface area contributed by atoms with Crippen LogP contribution in [0.25, 0.3) is 0 Å². The first kappa shape index (κ1) is 13.8. The van der Waals surface area contributed by atoms with E-state index in [0.717, 1.165) is 5.69 Å². The van der Waals surface area contributed by atoms with E-state index >= 15 is 0 Å².